The Morgan fingerprint density at radius 1 is 0.969 bits per heavy atom. The number of rotatable bonds is 5. The van der Waals surface area contributed by atoms with Crippen molar-refractivity contribution < 1.29 is 19.1 Å². The molecule has 164 valence electrons. The van der Waals surface area contributed by atoms with Gasteiger partial charge < -0.3 is 19.3 Å². The second-order valence-electron chi connectivity index (χ2n) is 7.80. The maximum atomic E-state index is 12.9. The number of thiophene rings is 1. The van der Waals surface area contributed by atoms with Gasteiger partial charge in [-0.3, -0.25) is 4.79 Å². The van der Waals surface area contributed by atoms with Gasteiger partial charge in [0.05, 0.1) is 18.2 Å². The summed E-state index contributed by atoms with van der Waals surface area (Å²) in [7, 11) is 0. The van der Waals surface area contributed by atoms with Crippen LogP contribution in [0.15, 0.2) is 60.7 Å². The Kier molecular flexibility index (Phi) is 5.92. The van der Waals surface area contributed by atoms with Crippen molar-refractivity contribution in [3.63, 3.8) is 0 Å². The predicted molar refractivity (Wildman–Crippen MR) is 126 cm³/mol. The van der Waals surface area contributed by atoms with Crippen molar-refractivity contribution in [2.45, 2.75) is 6.42 Å². The largest absolute Gasteiger partial charge is 0.451 e. The van der Waals surface area contributed by atoms with Crippen LogP contribution in [-0.2, 0) is 20.7 Å². The molecule has 6 nitrogen and oxygen atoms in total. The quantitative estimate of drug-likeness (QED) is 0.553. The number of hydrogen-bond acceptors (Lipinski definition) is 6. The molecule has 1 amide bonds. The number of ether oxygens (including phenoxy) is 2. The first-order valence-corrected chi connectivity index (χ1v) is 11.6. The topological polar surface area (TPSA) is 59.1 Å². The summed E-state index contributed by atoms with van der Waals surface area (Å²) in [6.45, 7) is 3.24. The van der Waals surface area contributed by atoms with E-state index in [4.69, 9.17) is 9.47 Å². The van der Waals surface area contributed by atoms with E-state index in [0.29, 0.717) is 24.6 Å². The summed E-state index contributed by atoms with van der Waals surface area (Å²) in [6, 6.07) is 19.7. The lowest BCUT2D eigenvalue weighted by atomic mass is 10.1. The fourth-order valence-corrected chi connectivity index (χ4v) is 5.31. The van der Waals surface area contributed by atoms with Crippen molar-refractivity contribution in [1.29, 1.82) is 0 Å². The highest BCUT2D eigenvalue weighted by molar-refractivity contribution is 7.18. The van der Waals surface area contributed by atoms with E-state index in [9.17, 15) is 9.59 Å². The van der Waals surface area contributed by atoms with Crippen LogP contribution in [0.1, 0.15) is 15.2 Å². The number of morpholine rings is 1. The van der Waals surface area contributed by atoms with Gasteiger partial charge in [-0.2, -0.15) is 0 Å². The lowest BCUT2D eigenvalue weighted by Gasteiger charge is -2.28. The minimum atomic E-state index is -0.465. The Balaban J connectivity index is 1.32. The van der Waals surface area contributed by atoms with Crippen LogP contribution in [0.25, 0.3) is 11.1 Å². The first-order chi connectivity index (χ1) is 15.7. The molecule has 0 N–H and O–H groups in total. The van der Waals surface area contributed by atoms with Gasteiger partial charge in [0.2, 0.25) is 0 Å². The molecular weight excluding hydrogens is 424 g/mol. The lowest BCUT2D eigenvalue weighted by Crippen LogP contribution is -2.35. The molecule has 0 radical (unpaired) electrons. The SMILES string of the molecule is O=C(OCC(=O)N1CCc2ccccc21)c1cc(-c2ccccc2)c(N2CCOCC2)s1. The third-order valence-electron chi connectivity index (χ3n) is 5.81. The number of carbonyl (C=O) groups excluding carboxylic acids is 2. The number of carbonyl (C=O) groups is 2. The van der Waals surface area contributed by atoms with Gasteiger partial charge in [-0.05, 0) is 29.7 Å². The smallest absolute Gasteiger partial charge is 0.348 e. The van der Waals surface area contributed by atoms with Gasteiger partial charge in [0, 0.05) is 30.9 Å². The third-order valence-corrected chi connectivity index (χ3v) is 6.99. The summed E-state index contributed by atoms with van der Waals surface area (Å²) in [5, 5.41) is 1.03. The molecule has 3 heterocycles. The van der Waals surface area contributed by atoms with Crippen LogP contribution in [0.2, 0.25) is 0 Å². The van der Waals surface area contributed by atoms with Crippen LogP contribution in [0.4, 0.5) is 10.7 Å². The van der Waals surface area contributed by atoms with Gasteiger partial charge in [0.15, 0.2) is 6.61 Å². The van der Waals surface area contributed by atoms with E-state index in [1.807, 2.05) is 60.7 Å². The zero-order chi connectivity index (χ0) is 21.9. The van der Waals surface area contributed by atoms with E-state index in [1.165, 1.54) is 11.3 Å². The molecule has 0 saturated carbocycles. The summed E-state index contributed by atoms with van der Waals surface area (Å²) in [5.41, 5.74) is 4.11. The van der Waals surface area contributed by atoms with Gasteiger partial charge >= 0.3 is 5.97 Å². The highest BCUT2D eigenvalue weighted by Crippen LogP contribution is 2.39. The Morgan fingerprint density at radius 2 is 1.72 bits per heavy atom. The third kappa shape index (κ3) is 4.13. The maximum absolute atomic E-state index is 12.9. The fourth-order valence-electron chi connectivity index (χ4n) is 4.18. The van der Waals surface area contributed by atoms with E-state index < -0.39 is 5.97 Å². The van der Waals surface area contributed by atoms with E-state index in [2.05, 4.69) is 4.90 Å². The highest BCUT2D eigenvalue weighted by Gasteiger charge is 2.26. The van der Waals surface area contributed by atoms with Crippen LogP contribution in [0, 0.1) is 0 Å². The standard InChI is InChI=1S/C25H24N2O4S/c28-23(27-11-10-19-8-4-5-9-21(19)27)17-31-25(29)22-16-20(18-6-2-1-3-7-18)24(32-22)26-12-14-30-15-13-26/h1-9,16H,10-15,17H2. The average molecular weight is 449 g/mol. The molecule has 2 aliphatic heterocycles. The summed E-state index contributed by atoms with van der Waals surface area (Å²) in [5.74, 6) is -0.663. The van der Waals surface area contributed by atoms with Gasteiger partial charge in [0.1, 0.15) is 4.88 Å². The minimum absolute atomic E-state index is 0.198. The molecule has 0 atom stereocenters. The molecule has 3 aromatic rings. The van der Waals surface area contributed by atoms with Crippen LogP contribution < -0.4 is 9.80 Å². The van der Waals surface area contributed by atoms with E-state index in [-0.39, 0.29) is 12.5 Å². The zero-order valence-corrected chi connectivity index (χ0v) is 18.5. The Bertz CT molecular complexity index is 1120. The minimum Gasteiger partial charge on any atom is -0.451 e. The zero-order valence-electron chi connectivity index (χ0n) is 17.7. The molecule has 0 bridgehead atoms. The van der Waals surface area contributed by atoms with Crippen molar-refractivity contribution in [2.75, 3.05) is 49.3 Å². The Labute approximate surface area is 191 Å². The monoisotopic (exact) mass is 448 g/mol. The van der Waals surface area contributed by atoms with Crippen molar-refractivity contribution in [1.82, 2.24) is 0 Å². The molecule has 1 saturated heterocycles. The summed E-state index contributed by atoms with van der Waals surface area (Å²) >= 11 is 1.41. The molecule has 5 rings (SSSR count). The fraction of sp³-hybridized carbons (Fsp3) is 0.280. The van der Waals surface area contributed by atoms with Crippen molar-refractivity contribution in [3.8, 4) is 11.1 Å². The van der Waals surface area contributed by atoms with Gasteiger partial charge in [-0.1, -0.05) is 48.5 Å². The van der Waals surface area contributed by atoms with E-state index in [0.717, 1.165) is 46.9 Å². The first-order valence-electron chi connectivity index (χ1n) is 10.8. The molecule has 7 heteroatoms. The number of para-hydroxylation sites is 1. The molecular formula is C25H24N2O4S. The van der Waals surface area contributed by atoms with Crippen LogP contribution in [0.5, 0.6) is 0 Å². The molecule has 2 aliphatic rings. The van der Waals surface area contributed by atoms with Gasteiger partial charge in [-0.25, -0.2) is 4.79 Å². The Hall–Kier alpha value is -3.16. The maximum Gasteiger partial charge on any atom is 0.348 e. The van der Waals surface area contributed by atoms with E-state index >= 15 is 0 Å². The Morgan fingerprint density at radius 3 is 2.53 bits per heavy atom. The number of esters is 1. The summed E-state index contributed by atoms with van der Waals surface area (Å²) < 4.78 is 10.9. The van der Waals surface area contributed by atoms with Crippen LogP contribution >= 0.6 is 11.3 Å². The first kappa shape index (κ1) is 20.7. The second kappa shape index (κ2) is 9.14. The highest BCUT2D eigenvalue weighted by atomic mass is 32.1. The van der Waals surface area contributed by atoms with Gasteiger partial charge in [0.25, 0.3) is 5.91 Å². The predicted octanol–water partition coefficient (Wildman–Crippen LogP) is 4.00. The average Bonchev–Trinajstić information content (AvgIpc) is 3.49. The molecule has 1 aromatic heterocycles. The second-order valence-corrected chi connectivity index (χ2v) is 8.83. The molecule has 0 aliphatic carbocycles. The molecule has 0 unspecified atom stereocenters. The van der Waals surface area contributed by atoms with Crippen LogP contribution in [-0.4, -0.2) is 51.3 Å². The number of hydrogen-bond donors (Lipinski definition) is 0. The van der Waals surface area contributed by atoms with Crippen molar-refractivity contribution in [2.24, 2.45) is 0 Å². The summed E-state index contributed by atoms with van der Waals surface area (Å²) in [4.78, 5) is 30.0. The van der Waals surface area contributed by atoms with Gasteiger partial charge in [-0.15, -0.1) is 11.3 Å². The number of fused-ring (bicyclic) bond motifs is 1. The lowest BCUT2D eigenvalue weighted by molar-refractivity contribution is -0.121. The normalized spacial score (nSPS) is 15.5. The molecule has 2 aromatic carbocycles. The number of benzene rings is 2. The molecule has 1 fully saturated rings. The molecule has 0 spiro atoms. The van der Waals surface area contributed by atoms with Crippen LogP contribution in [0.3, 0.4) is 0 Å². The van der Waals surface area contributed by atoms with E-state index in [1.54, 1.807) is 4.90 Å². The van der Waals surface area contributed by atoms with Crippen molar-refractivity contribution >= 4 is 33.9 Å². The number of anilines is 2. The molecule has 32 heavy (non-hydrogen) atoms. The number of nitrogens with zero attached hydrogens (tertiary/aromatic N) is 2. The summed E-state index contributed by atoms with van der Waals surface area (Å²) in [6.07, 6.45) is 0.824. The van der Waals surface area contributed by atoms with Crippen molar-refractivity contribution in [3.05, 3.63) is 71.1 Å². The number of amides is 1.